The first-order chi connectivity index (χ1) is 12.6. The molecule has 26 heavy (non-hydrogen) atoms. The summed E-state index contributed by atoms with van der Waals surface area (Å²) in [4.78, 5) is 22.2. The van der Waals surface area contributed by atoms with Gasteiger partial charge < -0.3 is 14.3 Å². The van der Waals surface area contributed by atoms with Crippen molar-refractivity contribution in [3.05, 3.63) is 58.6 Å². The highest BCUT2D eigenvalue weighted by Crippen LogP contribution is 2.26. The van der Waals surface area contributed by atoms with Crippen LogP contribution in [0.2, 0.25) is 0 Å². The van der Waals surface area contributed by atoms with Crippen LogP contribution in [0.1, 0.15) is 23.2 Å². The molecule has 0 N–H and O–H groups in total. The monoisotopic (exact) mass is 482 g/mol. The summed E-state index contributed by atoms with van der Waals surface area (Å²) in [6, 6.07) is 14.7. The second-order valence-electron chi connectivity index (χ2n) is 5.80. The first-order valence-electron chi connectivity index (χ1n) is 8.27. The van der Waals surface area contributed by atoms with Crippen LogP contribution >= 0.6 is 31.9 Å². The van der Waals surface area contributed by atoms with Crippen molar-refractivity contribution in [3.63, 3.8) is 0 Å². The zero-order valence-electron chi connectivity index (χ0n) is 14.1. The molecule has 0 fully saturated rings. The van der Waals surface area contributed by atoms with Crippen molar-refractivity contribution in [3.8, 4) is 11.5 Å². The average Bonchev–Trinajstić information content (AvgIpc) is 2.67. The maximum absolute atomic E-state index is 11.3. The molecule has 138 valence electrons. The fourth-order valence-corrected chi connectivity index (χ4v) is 3.49. The molecule has 2 aromatic rings. The van der Waals surface area contributed by atoms with E-state index in [0.29, 0.717) is 37.4 Å². The second kappa shape index (κ2) is 11.1. The van der Waals surface area contributed by atoms with Crippen LogP contribution < -0.4 is 9.47 Å². The van der Waals surface area contributed by atoms with Crippen molar-refractivity contribution < 1.29 is 19.1 Å². The molecule has 2 rings (SSSR count). The maximum Gasteiger partial charge on any atom is 0.150 e. The quantitative estimate of drug-likeness (QED) is 0.330. The van der Waals surface area contributed by atoms with Crippen molar-refractivity contribution in [2.45, 2.75) is 17.7 Å². The summed E-state index contributed by atoms with van der Waals surface area (Å²) in [5.41, 5.74) is 0.579. The first-order valence-corrected chi connectivity index (χ1v) is 9.98. The summed E-state index contributed by atoms with van der Waals surface area (Å²) >= 11 is 6.95. The normalized spacial score (nSPS) is 12.8. The number of benzene rings is 2. The summed E-state index contributed by atoms with van der Waals surface area (Å²) in [7, 11) is 0. The highest BCUT2D eigenvalue weighted by molar-refractivity contribution is 9.10. The summed E-state index contributed by atoms with van der Waals surface area (Å²) in [5.74, 6) is 1.35. The molecule has 0 saturated carbocycles. The zero-order chi connectivity index (χ0) is 18.8. The summed E-state index contributed by atoms with van der Waals surface area (Å²) < 4.78 is 12.1. The maximum atomic E-state index is 11.3. The highest BCUT2D eigenvalue weighted by atomic mass is 79.9. The lowest BCUT2D eigenvalue weighted by atomic mass is 10.0. The van der Waals surface area contributed by atoms with E-state index in [1.54, 1.807) is 18.2 Å². The fourth-order valence-electron chi connectivity index (χ4n) is 2.37. The minimum Gasteiger partial charge on any atom is -0.492 e. The lowest BCUT2D eigenvalue weighted by Crippen LogP contribution is -2.18. The van der Waals surface area contributed by atoms with Crippen LogP contribution in [0.25, 0.3) is 0 Å². The topological polar surface area (TPSA) is 52.6 Å². The van der Waals surface area contributed by atoms with E-state index in [1.165, 1.54) is 0 Å². The highest BCUT2D eigenvalue weighted by Gasteiger charge is 2.15. The van der Waals surface area contributed by atoms with Crippen LogP contribution in [0.3, 0.4) is 0 Å². The first kappa shape index (κ1) is 20.6. The van der Waals surface area contributed by atoms with Crippen LogP contribution in [0, 0.1) is 5.92 Å². The summed E-state index contributed by atoms with van der Waals surface area (Å²) in [5, 5.41) is 0. The van der Waals surface area contributed by atoms with Gasteiger partial charge in [-0.1, -0.05) is 34.1 Å². The molecule has 2 aromatic carbocycles. The minimum absolute atomic E-state index is 0.0801. The van der Waals surface area contributed by atoms with E-state index in [9.17, 15) is 9.59 Å². The standard InChI is InChI=1S/C20H20Br2O4/c21-17(14-26-18-4-2-1-3-5-18)10-16(13-24)8-9-25-20-7-6-15(12-23)11-19(20)22/h1-7,11-13,16-17H,8-10,14H2. The molecule has 0 bridgehead atoms. The van der Waals surface area contributed by atoms with E-state index < -0.39 is 0 Å². The zero-order valence-corrected chi connectivity index (χ0v) is 17.3. The van der Waals surface area contributed by atoms with E-state index in [0.717, 1.165) is 22.8 Å². The molecule has 0 aromatic heterocycles. The van der Waals surface area contributed by atoms with Gasteiger partial charge in [-0.05, 0) is 59.1 Å². The SMILES string of the molecule is O=Cc1ccc(OCCC(C=O)CC(Br)COc2ccccc2)c(Br)c1. The van der Waals surface area contributed by atoms with Gasteiger partial charge in [0, 0.05) is 16.3 Å². The van der Waals surface area contributed by atoms with Crippen LogP contribution in [0.4, 0.5) is 0 Å². The molecular formula is C20H20Br2O4. The lowest BCUT2D eigenvalue weighted by Gasteiger charge is -2.16. The van der Waals surface area contributed by atoms with Crippen molar-refractivity contribution in [2.75, 3.05) is 13.2 Å². The number of rotatable bonds is 11. The van der Waals surface area contributed by atoms with Crippen molar-refractivity contribution in [1.82, 2.24) is 0 Å². The predicted octanol–water partition coefficient (Wildman–Crippen LogP) is 5.08. The van der Waals surface area contributed by atoms with E-state index in [-0.39, 0.29) is 10.7 Å². The largest absolute Gasteiger partial charge is 0.492 e. The number of para-hydroxylation sites is 1. The van der Waals surface area contributed by atoms with Crippen molar-refractivity contribution in [1.29, 1.82) is 0 Å². The Bertz CT molecular complexity index is 706. The van der Waals surface area contributed by atoms with E-state index in [4.69, 9.17) is 9.47 Å². The molecule has 0 heterocycles. The van der Waals surface area contributed by atoms with Crippen LogP contribution in [0.5, 0.6) is 11.5 Å². The number of ether oxygens (including phenoxy) is 2. The average molecular weight is 484 g/mol. The molecule has 0 aliphatic rings. The molecule has 0 aliphatic heterocycles. The Morgan fingerprint density at radius 1 is 1.04 bits per heavy atom. The van der Waals surface area contributed by atoms with Crippen LogP contribution in [-0.2, 0) is 4.79 Å². The van der Waals surface area contributed by atoms with Crippen molar-refractivity contribution >= 4 is 44.4 Å². The molecule has 2 unspecified atom stereocenters. The smallest absolute Gasteiger partial charge is 0.150 e. The number of alkyl halides is 1. The second-order valence-corrected chi connectivity index (χ2v) is 7.95. The predicted molar refractivity (Wildman–Crippen MR) is 108 cm³/mol. The van der Waals surface area contributed by atoms with Gasteiger partial charge in [0.25, 0.3) is 0 Å². The molecule has 0 aliphatic carbocycles. The number of carbonyl (C=O) groups is 2. The van der Waals surface area contributed by atoms with Gasteiger partial charge in [0.1, 0.15) is 30.7 Å². The number of carbonyl (C=O) groups excluding carboxylic acids is 2. The van der Waals surface area contributed by atoms with Gasteiger partial charge in [0.2, 0.25) is 0 Å². The van der Waals surface area contributed by atoms with Crippen LogP contribution in [-0.4, -0.2) is 30.6 Å². The van der Waals surface area contributed by atoms with Crippen molar-refractivity contribution in [2.24, 2.45) is 5.92 Å². The molecule has 2 atom stereocenters. The van der Waals surface area contributed by atoms with Gasteiger partial charge in [0.05, 0.1) is 11.1 Å². The van der Waals surface area contributed by atoms with Gasteiger partial charge in [-0.3, -0.25) is 4.79 Å². The lowest BCUT2D eigenvalue weighted by molar-refractivity contribution is -0.111. The van der Waals surface area contributed by atoms with Crippen LogP contribution in [0.15, 0.2) is 53.0 Å². The Hall–Kier alpha value is -1.66. The molecule has 0 saturated heterocycles. The third kappa shape index (κ3) is 6.92. The molecule has 0 spiro atoms. The number of aldehydes is 2. The molecule has 4 nitrogen and oxygen atoms in total. The number of hydrogen-bond donors (Lipinski definition) is 0. The van der Waals surface area contributed by atoms with E-state index in [2.05, 4.69) is 31.9 Å². The summed E-state index contributed by atoms with van der Waals surface area (Å²) in [6.07, 6.45) is 3.03. The Balaban J connectivity index is 1.74. The van der Waals surface area contributed by atoms with Gasteiger partial charge in [-0.25, -0.2) is 0 Å². The number of hydrogen-bond acceptors (Lipinski definition) is 4. The Kier molecular flexibility index (Phi) is 8.85. The van der Waals surface area contributed by atoms with Gasteiger partial charge in [-0.15, -0.1) is 0 Å². The number of halogens is 2. The van der Waals surface area contributed by atoms with Gasteiger partial charge >= 0.3 is 0 Å². The molecule has 6 heteroatoms. The Morgan fingerprint density at radius 3 is 2.46 bits per heavy atom. The Labute approximate surface area is 170 Å². The third-order valence-electron chi connectivity index (χ3n) is 3.76. The minimum atomic E-state index is -0.119. The molecule has 0 radical (unpaired) electrons. The Morgan fingerprint density at radius 2 is 1.81 bits per heavy atom. The van der Waals surface area contributed by atoms with Gasteiger partial charge in [-0.2, -0.15) is 0 Å². The van der Waals surface area contributed by atoms with Gasteiger partial charge in [0.15, 0.2) is 0 Å². The molecule has 0 amide bonds. The summed E-state index contributed by atoms with van der Waals surface area (Å²) in [6.45, 7) is 0.912. The molecular weight excluding hydrogens is 464 g/mol. The van der Waals surface area contributed by atoms with E-state index >= 15 is 0 Å². The third-order valence-corrected chi connectivity index (χ3v) is 5.02. The fraction of sp³-hybridized carbons (Fsp3) is 0.300. The van der Waals surface area contributed by atoms with E-state index in [1.807, 2.05) is 30.3 Å².